The van der Waals surface area contributed by atoms with Gasteiger partial charge in [-0.25, -0.2) is 4.98 Å². The first-order chi connectivity index (χ1) is 7.74. The van der Waals surface area contributed by atoms with E-state index in [2.05, 4.69) is 29.5 Å². The second-order valence-electron chi connectivity index (χ2n) is 3.84. The van der Waals surface area contributed by atoms with E-state index in [0.717, 1.165) is 18.8 Å². The molecule has 0 saturated carbocycles. The molecule has 0 aromatic carbocycles. The second kappa shape index (κ2) is 7.73. The van der Waals surface area contributed by atoms with Gasteiger partial charge in [0.05, 0.1) is 30.5 Å². The van der Waals surface area contributed by atoms with E-state index in [-0.39, 0.29) is 6.61 Å². The van der Waals surface area contributed by atoms with Gasteiger partial charge in [0.2, 0.25) is 0 Å². The van der Waals surface area contributed by atoms with Crippen LogP contribution in [-0.2, 0) is 11.3 Å². The van der Waals surface area contributed by atoms with Crippen LogP contribution in [-0.4, -0.2) is 36.5 Å². The smallest absolute Gasteiger partial charge is 0.0954 e. The first-order valence-electron chi connectivity index (χ1n) is 5.57. The summed E-state index contributed by atoms with van der Waals surface area (Å²) in [5.41, 5.74) is 1.09. The summed E-state index contributed by atoms with van der Waals surface area (Å²) >= 11 is 1.71. The zero-order valence-corrected chi connectivity index (χ0v) is 10.7. The Morgan fingerprint density at radius 2 is 2.31 bits per heavy atom. The first-order valence-corrected chi connectivity index (χ1v) is 6.45. The van der Waals surface area contributed by atoms with Crippen molar-refractivity contribution in [2.45, 2.75) is 26.3 Å². The SMILES string of the molecule is CC(C)c1nc(CNCCOCCO)cs1. The van der Waals surface area contributed by atoms with Crippen LogP contribution in [0.15, 0.2) is 5.38 Å². The average Bonchev–Trinajstić information content (AvgIpc) is 2.72. The van der Waals surface area contributed by atoms with Crippen LogP contribution < -0.4 is 5.32 Å². The largest absolute Gasteiger partial charge is 0.394 e. The summed E-state index contributed by atoms with van der Waals surface area (Å²) in [6.07, 6.45) is 0. The lowest BCUT2D eigenvalue weighted by Crippen LogP contribution is -2.20. The molecule has 0 bridgehead atoms. The summed E-state index contributed by atoms with van der Waals surface area (Å²) in [6.45, 7) is 7.00. The number of hydrogen-bond acceptors (Lipinski definition) is 5. The van der Waals surface area contributed by atoms with E-state index in [4.69, 9.17) is 9.84 Å². The minimum absolute atomic E-state index is 0.0871. The predicted octanol–water partition coefficient (Wildman–Crippen LogP) is 1.37. The Balaban J connectivity index is 2.12. The van der Waals surface area contributed by atoms with Gasteiger partial charge in [0, 0.05) is 24.4 Å². The molecule has 0 fully saturated rings. The number of aliphatic hydroxyl groups is 1. The summed E-state index contributed by atoms with van der Waals surface area (Å²) < 4.78 is 5.13. The van der Waals surface area contributed by atoms with Crippen molar-refractivity contribution in [2.75, 3.05) is 26.4 Å². The second-order valence-corrected chi connectivity index (χ2v) is 4.73. The normalized spacial score (nSPS) is 11.2. The molecule has 0 unspecified atom stereocenters. The highest BCUT2D eigenvalue weighted by molar-refractivity contribution is 7.09. The van der Waals surface area contributed by atoms with Crippen molar-refractivity contribution in [1.29, 1.82) is 0 Å². The summed E-state index contributed by atoms with van der Waals surface area (Å²) in [7, 11) is 0. The van der Waals surface area contributed by atoms with E-state index in [1.807, 2.05) is 0 Å². The summed E-state index contributed by atoms with van der Waals surface area (Å²) in [4.78, 5) is 4.52. The van der Waals surface area contributed by atoms with Crippen LogP contribution >= 0.6 is 11.3 Å². The van der Waals surface area contributed by atoms with Crippen LogP contribution in [0.3, 0.4) is 0 Å². The number of thiazole rings is 1. The Kier molecular flexibility index (Phi) is 6.56. The van der Waals surface area contributed by atoms with Crippen LogP contribution in [0.2, 0.25) is 0 Å². The lowest BCUT2D eigenvalue weighted by Gasteiger charge is -2.03. The maximum Gasteiger partial charge on any atom is 0.0954 e. The summed E-state index contributed by atoms with van der Waals surface area (Å²) in [6, 6.07) is 0. The van der Waals surface area contributed by atoms with E-state index >= 15 is 0 Å². The van der Waals surface area contributed by atoms with Gasteiger partial charge in [-0.2, -0.15) is 0 Å². The highest BCUT2D eigenvalue weighted by Crippen LogP contribution is 2.18. The molecule has 1 aromatic heterocycles. The Labute approximate surface area is 101 Å². The number of nitrogens with one attached hydrogen (secondary N) is 1. The van der Waals surface area contributed by atoms with Gasteiger partial charge >= 0.3 is 0 Å². The molecular formula is C11H20N2O2S. The van der Waals surface area contributed by atoms with Gasteiger partial charge in [0.25, 0.3) is 0 Å². The van der Waals surface area contributed by atoms with Crippen LogP contribution in [0.4, 0.5) is 0 Å². The molecule has 0 aliphatic rings. The molecule has 0 saturated heterocycles. The molecule has 0 amide bonds. The minimum Gasteiger partial charge on any atom is -0.394 e. The predicted molar refractivity (Wildman–Crippen MR) is 65.8 cm³/mol. The Morgan fingerprint density at radius 1 is 1.50 bits per heavy atom. The minimum atomic E-state index is 0.0871. The number of aliphatic hydroxyl groups excluding tert-OH is 1. The Bertz CT molecular complexity index is 289. The van der Waals surface area contributed by atoms with Crippen LogP contribution in [0.5, 0.6) is 0 Å². The monoisotopic (exact) mass is 244 g/mol. The molecule has 16 heavy (non-hydrogen) atoms. The molecule has 1 rings (SSSR count). The third kappa shape index (κ3) is 5.03. The Morgan fingerprint density at radius 3 is 2.94 bits per heavy atom. The molecule has 0 aliphatic carbocycles. The van der Waals surface area contributed by atoms with Crippen molar-refractivity contribution in [2.24, 2.45) is 0 Å². The van der Waals surface area contributed by atoms with Crippen molar-refractivity contribution in [1.82, 2.24) is 10.3 Å². The third-order valence-corrected chi connectivity index (χ3v) is 3.22. The molecular weight excluding hydrogens is 224 g/mol. The quantitative estimate of drug-likeness (QED) is 0.678. The van der Waals surface area contributed by atoms with Crippen molar-refractivity contribution in [3.8, 4) is 0 Å². The maximum atomic E-state index is 8.50. The fraction of sp³-hybridized carbons (Fsp3) is 0.727. The zero-order chi connectivity index (χ0) is 11.8. The lowest BCUT2D eigenvalue weighted by molar-refractivity contribution is 0.0937. The maximum absolute atomic E-state index is 8.50. The molecule has 0 spiro atoms. The van der Waals surface area contributed by atoms with E-state index in [1.165, 1.54) is 5.01 Å². The van der Waals surface area contributed by atoms with E-state index < -0.39 is 0 Å². The van der Waals surface area contributed by atoms with E-state index in [9.17, 15) is 0 Å². The summed E-state index contributed by atoms with van der Waals surface area (Å²) in [5, 5.41) is 15.0. The van der Waals surface area contributed by atoms with Gasteiger partial charge in [-0.05, 0) is 0 Å². The lowest BCUT2D eigenvalue weighted by atomic mass is 10.2. The zero-order valence-electron chi connectivity index (χ0n) is 9.90. The number of nitrogens with zero attached hydrogens (tertiary/aromatic N) is 1. The molecule has 0 radical (unpaired) electrons. The number of rotatable bonds is 8. The molecule has 2 N–H and O–H groups in total. The topological polar surface area (TPSA) is 54.4 Å². The van der Waals surface area contributed by atoms with Crippen molar-refractivity contribution in [3.63, 3.8) is 0 Å². The van der Waals surface area contributed by atoms with Crippen LogP contribution in [0.1, 0.15) is 30.5 Å². The Hall–Kier alpha value is -0.490. The van der Waals surface area contributed by atoms with Crippen molar-refractivity contribution >= 4 is 11.3 Å². The molecule has 0 atom stereocenters. The molecule has 1 heterocycles. The van der Waals surface area contributed by atoms with Gasteiger partial charge in [0.15, 0.2) is 0 Å². The van der Waals surface area contributed by atoms with Crippen molar-refractivity contribution in [3.05, 3.63) is 16.1 Å². The highest BCUT2D eigenvalue weighted by atomic mass is 32.1. The molecule has 0 aliphatic heterocycles. The fourth-order valence-corrected chi connectivity index (χ4v) is 2.03. The van der Waals surface area contributed by atoms with Gasteiger partial charge in [-0.15, -0.1) is 11.3 Å². The number of aromatic nitrogens is 1. The fourth-order valence-electron chi connectivity index (χ4n) is 1.20. The molecule has 4 nitrogen and oxygen atoms in total. The summed E-state index contributed by atoms with van der Waals surface area (Å²) in [5.74, 6) is 0.506. The molecule has 92 valence electrons. The number of ether oxygens (including phenoxy) is 1. The van der Waals surface area contributed by atoms with Gasteiger partial charge in [-0.3, -0.25) is 0 Å². The standard InChI is InChI=1S/C11H20N2O2S/c1-9(2)11-13-10(8-16-11)7-12-3-5-15-6-4-14/h8-9,12,14H,3-7H2,1-2H3. The van der Waals surface area contributed by atoms with Crippen molar-refractivity contribution < 1.29 is 9.84 Å². The third-order valence-electron chi connectivity index (χ3n) is 2.03. The van der Waals surface area contributed by atoms with E-state index in [1.54, 1.807) is 11.3 Å². The van der Waals surface area contributed by atoms with E-state index in [0.29, 0.717) is 19.1 Å². The van der Waals surface area contributed by atoms with Crippen LogP contribution in [0.25, 0.3) is 0 Å². The molecule has 5 heteroatoms. The van der Waals surface area contributed by atoms with Gasteiger partial charge < -0.3 is 15.2 Å². The van der Waals surface area contributed by atoms with Crippen LogP contribution in [0, 0.1) is 0 Å². The molecule has 1 aromatic rings. The van der Waals surface area contributed by atoms with Gasteiger partial charge in [-0.1, -0.05) is 13.8 Å². The average molecular weight is 244 g/mol. The first kappa shape index (κ1) is 13.6. The number of hydrogen-bond donors (Lipinski definition) is 2. The van der Waals surface area contributed by atoms with Gasteiger partial charge in [0.1, 0.15) is 0 Å². The highest BCUT2D eigenvalue weighted by Gasteiger charge is 2.04.